The fraction of sp³-hybridized carbons (Fsp3) is 0.357. The maximum atomic E-state index is 5.77. The summed E-state index contributed by atoms with van der Waals surface area (Å²) in [5, 5.41) is 1.08. The average Bonchev–Trinajstić information content (AvgIpc) is 2.80. The number of thiazole rings is 1. The van der Waals surface area contributed by atoms with Gasteiger partial charge in [-0.05, 0) is 25.5 Å². The summed E-state index contributed by atoms with van der Waals surface area (Å²) in [6.07, 6.45) is 2.68. The van der Waals surface area contributed by atoms with Gasteiger partial charge in [0, 0.05) is 24.0 Å². The van der Waals surface area contributed by atoms with Gasteiger partial charge in [-0.3, -0.25) is 0 Å². The lowest BCUT2D eigenvalue weighted by atomic mass is 10.1. The van der Waals surface area contributed by atoms with Crippen LogP contribution in [0, 0.1) is 13.8 Å². The van der Waals surface area contributed by atoms with Gasteiger partial charge in [0.25, 0.3) is 0 Å². The van der Waals surface area contributed by atoms with Crippen molar-refractivity contribution in [3.8, 4) is 5.75 Å². The van der Waals surface area contributed by atoms with E-state index in [0.717, 1.165) is 22.1 Å². The number of aryl methyl sites for hydroxylation is 2. The van der Waals surface area contributed by atoms with E-state index in [1.807, 2.05) is 12.3 Å². The van der Waals surface area contributed by atoms with E-state index < -0.39 is 0 Å². The second-order valence-electron chi connectivity index (χ2n) is 4.29. The van der Waals surface area contributed by atoms with E-state index in [0.29, 0.717) is 13.2 Å². The Balaban J connectivity index is 1.88. The first kappa shape index (κ1) is 13.1. The zero-order chi connectivity index (χ0) is 13.0. The molecule has 96 valence electrons. The number of aromatic nitrogens is 1. The Morgan fingerprint density at radius 3 is 2.83 bits per heavy atom. The molecule has 0 aliphatic heterocycles. The summed E-state index contributed by atoms with van der Waals surface area (Å²) < 4.78 is 5.77. The largest absolute Gasteiger partial charge is 0.493 e. The van der Waals surface area contributed by atoms with Crippen LogP contribution in [0.4, 0.5) is 0 Å². The van der Waals surface area contributed by atoms with E-state index in [1.54, 1.807) is 11.3 Å². The number of nitrogens with zero attached hydrogens (tertiary/aromatic N) is 1. The number of benzene rings is 1. The van der Waals surface area contributed by atoms with E-state index in [4.69, 9.17) is 10.5 Å². The van der Waals surface area contributed by atoms with Crippen molar-refractivity contribution in [2.45, 2.75) is 26.8 Å². The second-order valence-corrected chi connectivity index (χ2v) is 5.49. The van der Waals surface area contributed by atoms with Crippen molar-refractivity contribution in [1.82, 2.24) is 4.98 Å². The van der Waals surface area contributed by atoms with Crippen molar-refractivity contribution in [3.63, 3.8) is 0 Å². The molecule has 0 saturated heterocycles. The van der Waals surface area contributed by atoms with Gasteiger partial charge in [-0.15, -0.1) is 11.3 Å². The van der Waals surface area contributed by atoms with Crippen LogP contribution in [-0.4, -0.2) is 11.6 Å². The summed E-state index contributed by atoms with van der Waals surface area (Å²) in [5.74, 6) is 0.955. The molecular weight excluding hydrogens is 244 g/mol. The highest BCUT2D eigenvalue weighted by Gasteiger charge is 2.03. The van der Waals surface area contributed by atoms with Crippen LogP contribution < -0.4 is 10.5 Å². The number of ether oxygens (including phenoxy) is 1. The first-order valence-corrected chi connectivity index (χ1v) is 6.84. The Morgan fingerprint density at radius 2 is 2.17 bits per heavy atom. The van der Waals surface area contributed by atoms with Crippen LogP contribution in [0.5, 0.6) is 5.75 Å². The van der Waals surface area contributed by atoms with Gasteiger partial charge in [0.2, 0.25) is 0 Å². The minimum absolute atomic E-state index is 0.565. The molecule has 18 heavy (non-hydrogen) atoms. The molecule has 1 heterocycles. The molecule has 0 atom stereocenters. The molecular formula is C14H18N2OS. The minimum atomic E-state index is 0.565. The molecule has 0 saturated carbocycles. The van der Waals surface area contributed by atoms with Gasteiger partial charge in [0.1, 0.15) is 5.75 Å². The fourth-order valence-corrected chi connectivity index (χ4v) is 2.55. The molecule has 0 unspecified atom stereocenters. The molecule has 1 aromatic heterocycles. The second kappa shape index (κ2) is 5.98. The maximum absolute atomic E-state index is 5.77. The molecule has 0 aliphatic rings. The van der Waals surface area contributed by atoms with Gasteiger partial charge in [-0.2, -0.15) is 0 Å². The van der Waals surface area contributed by atoms with Crippen LogP contribution >= 0.6 is 11.3 Å². The normalized spacial score (nSPS) is 10.6. The molecule has 2 rings (SSSR count). The lowest BCUT2D eigenvalue weighted by Gasteiger charge is -2.08. The third-order valence-electron chi connectivity index (χ3n) is 2.71. The lowest BCUT2D eigenvalue weighted by molar-refractivity contribution is 0.319. The highest BCUT2D eigenvalue weighted by molar-refractivity contribution is 7.11. The predicted octanol–water partition coefficient (Wildman–Crippen LogP) is 2.84. The Labute approximate surface area is 112 Å². The number of rotatable bonds is 5. The molecule has 0 spiro atoms. The SMILES string of the molecule is Cc1ccc(OCCc2ncc(CN)s2)c(C)c1. The van der Waals surface area contributed by atoms with Gasteiger partial charge in [0.15, 0.2) is 0 Å². The van der Waals surface area contributed by atoms with Crippen LogP contribution in [0.25, 0.3) is 0 Å². The first-order valence-electron chi connectivity index (χ1n) is 6.02. The molecule has 3 nitrogen and oxygen atoms in total. The average molecular weight is 262 g/mol. The van der Waals surface area contributed by atoms with Gasteiger partial charge in [-0.25, -0.2) is 4.98 Å². The van der Waals surface area contributed by atoms with Gasteiger partial charge >= 0.3 is 0 Å². The molecule has 0 bridgehead atoms. The van der Waals surface area contributed by atoms with Crippen molar-refractivity contribution in [2.24, 2.45) is 5.73 Å². The lowest BCUT2D eigenvalue weighted by Crippen LogP contribution is -2.02. The van der Waals surface area contributed by atoms with E-state index in [2.05, 4.69) is 31.0 Å². The van der Waals surface area contributed by atoms with E-state index in [9.17, 15) is 0 Å². The first-order chi connectivity index (χ1) is 8.69. The molecule has 0 fully saturated rings. The zero-order valence-corrected chi connectivity index (χ0v) is 11.6. The number of nitrogens with two attached hydrogens (primary N) is 1. The highest BCUT2D eigenvalue weighted by atomic mass is 32.1. The summed E-state index contributed by atoms with van der Waals surface area (Å²) in [6.45, 7) is 5.37. The minimum Gasteiger partial charge on any atom is -0.493 e. The molecule has 0 amide bonds. The smallest absolute Gasteiger partial charge is 0.122 e. The standard InChI is InChI=1S/C14H18N2OS/c1-10-3-4-13(11(2)7-10)17-6-5-14-16-9-12(8-15)18-14/h3-4,7,9H,5-6,8,15H2,1-2H3. The summed E-state index contributed by atoms with van der Waals surface area (Å²) >= 11 is 1.66. The Hall–Kier alpha value is -1.39. The summed E-state index contributed by atoms with van der Waals surface area (Å²) in [4.78, 5) is 5.44. The Kier molecular flexibility index (Phi) is 4.33. The molecule has 0 radical (unpaired) electrons. The fourth-order valence-electron chi connectivity index (χ4n) is 1.77. The van der Waals surface area contributed by atoms with E-state index in [1.165, 1.54) is 11.1 Å². The third kappa shape index (κ3) is 3.31. The van der Waals surface area contributed by atoms with Gasteiger partial charge < -0.3 is 10.5 Å². The topological polar surface area (TPSA) is 48.1 Å². The van der Waals surface area contributed by atoms with Crippen molar-refractivity contribution in [2.75, 3.05) is 6.61 Å². The zero-order valence-electron chi connectivity index (χ0n) is 10.8. The van der Waals surface area contributed by atoms with Gasteiger partial charge in [0.05, 0.1) is 11.6 Å². The summed E-state index contributed by atoms with van der Waals surface area (Å²) in [5.41, 5.74) is 7.99. The molecule has 2 aromatic rings. The van der Waals surface area contributed by atoms with Crippen LogP contribution in [0.2, 0.25) is 0 Å². The van der Waals surface area contributed by atoms with Crippen molar-refractivity contribution < 1.29 is 4.74 Å². The number of hydrogen-bond donors (Lipinski definition) is 1. The van der Waals surface area contributed by atoms with Crippen molar-refractivity contribution >= 4 is 11.3 Å². The quantitative estimate of drug-likeness (QED) is 0.901. The monoisotopic (exact) mass is 262 g/mol. The summed E-state index contributed by atoms with van der Waals surface area (Å²) in [7, 11) is 0. The van der Waals surface area contributed by atoms with Crippen LogP contribution in [-0.2, 0) is 13.0 Å². The van der Waals surface area contributed by atoms with E-state index in [-0.39, 0.29) is 0 Å². The highest BCUT2D eigenvalue weighted by Crippen LogP contribution is 2.19. The van der Waals surface area contributed by atoms with Crippen LogP contribution in [0.3, 0.4) is 0 Å². The van der Waals surface area contributed by atoms with E-state index >= 15 is 0 Å². The van der Waals surface area contributed by atoms with Crippen LogP contribution in [0.1, 0.15) is 21.0 Å². The predicted molar refractivity (Wildman–Crippen MR) is 75.1 cm³/mol. The Morgan fingerprint density at radius 1 is 1.33 bits per heavy atom. The number of hydrogen-bond acceptors (Lipinski definition) is 4. The van der Waals surface area contributed by atoms with Gasteiger partial charge in [-0.1, -0.05) is 17.7 Å². The maximum Gasteiger partial charge on any atom is 0.122 e. The van der Waals surface area contributed by atoms with Crippen molar-refractivity contribution in [1.29, 1.82) is 0 Å². The molecule has 0 aliphatic carbocycles. The molecule has 2 N–H and O–H groups in total. The van der Waals surface area contributed by atoms with Crippen molar-refractivity contribution in [3.05, 3.63) is 45.4 Å². The molecule has 1 aromatic carbocycles. The summed E-state index contributed by atoms with van der Waals surface area (Å²) in [6, 6.07) is 6.22. The Bertz CT molecular complexity index is 522. The molecule has 4 heteroatoms. The van der Waals surface area contributed by atoms with Crippen LogP contribution in [0.15, 0.2) is 24.4 Å². The third-order valence-corrected chi connectivity index (χ3v) is 3.79.